The summed E-state index contributed by atoms with van der Waals surface area (Å²) in [5.41, 5.74) is 6.54. The number of rotatable bonds is 9. The van der Waals surface area contributed by atoms with Crippen LogP contribution >= 0.6 is 11.6 Å². The number of nitrogens with one attached hydrogen (secondary N) is 1. The molecule has 0 heterocycles. The molecule has 0 aliphatic heterocycles. The smallest absolute Gasteiger partial charge is 0.244 e. The zero-order chi connectivity index (χ0) is 22.1. The fourth-order valence-corrected chi connectivity index (χ4v) is 3.05. The maximum absolute atomic E-state index is 12.1. The molecule has 5 nitrogen and oxygen atoms in total. The van der Waals surface area contributed by atoms with Crippen LogP contribution in [0.4, 0.5) is 0 Å². The Morgan fingerprint density at radius 2 is 1.65 bits per heavy atom. The fraction of sp³-hybridized carbons (Fsp3) is 0.200. The molecule has 3 aromatic carbocycles. The molecular formula is C25H25ClN2O3. The second-order valence-corrected chi connectivity index (χ2v) is 7.40. The summed E-state index contributed by atoms with van der Waals surface area (Å²) in [6, 6.07) is 20.9. The number of nitrogens with zero attached hydrogens (tertiary/aromatic N) is 1. The number of ether oxygens (including phenoxy) is 2. The van der Waals surface area contributed by atoms with Gasteiger partial charge in [0.2, 0.25) is 5.91 Å². The number of hydrogen-bond donors (Lipinski definition) is 1. The first-order chi connectivity index (χ1) is 15.1. The van der Waals surface area contributed by atoms with Gasteiger partial charge in [0.05, 0.1) is 19.7 Å². The summed E-state index contributed by atoms with van der Waals surface area (Å²) in [6.07, 6.45) is 2.83. The lowest BCUT2D eigenvalue weighted by Gasteiger charge is -2.11. The van der Waals surface area contributed by atoms with Crippen LogP contribution in [0, 0.1) is 0 Å². The van der Waals surface area contributed by atoms with Crippen molar-refractivity contribution in [1.82, 2.24) is 5.43 Å². The van der Waals surface area contributed by atoms with Gasteiger partial charge in [0.1, 0.15) is 6.61 Å². The average Bonchev–Trinajstić information content (AvgIpc) is 2.79. The van der Waals surface area contributed by atoms with Crippen molar-refractivity contribution in [2.75, 3.05) is 7.11 Å². The zero-order valence-corrected chi connectivity index (χ0v) is 18.4. The molecule has 0 atom stereocenters. The molecule has 31 heavy (non-hydrogen) atoms. The Morgan fingerprint density at radius 3 is 2.32 bits per heavy atom. The minimum atomic E-state index is -0.171. The van der Waals surface area contributed by atoms with Crippen LogP contribution in [0.3, 0.4) is 0 Å². The van der Waals surface area contributed by atoms with E-state index in [0.717, 1.165) is 23.1 Å². The maximum atomic E-state index is 12.1. The normalized spacial score (nSPS) is 10.8. The number of aryl methyl sites for hydroxylation is 1. The molecule has 6 heteroatoms. The molecule has 3 rings (SSSR count). The average molecular weight is 437 g/mol. The first kappa shape index (κ1) is 22.4. The fourth-order valence-electron chi connectivity index (χ4n) is 2.92. The molecule has 0 saturated carbocycles. The van der Waals surface area contributed by atoms with Crippen LogP contribution in [0.15, 0.2) is 71.8 Å². The number of hydrogen-bond acceptors (Lipinski definition) is 4. The lowest BCUT2D eigenvalue weighted by molar-refractivity contribution is -0.120. The van der Waals surface area contributed by atoms with Crippen molar-refractivity contribution in [3.8, 4) is 11.5 Å². The number of carbonyl (C=O) groups excluding carboxylic acids is 1. The summed E-state index contributed by atoms with van der Waals surface area (Å²) in [4.78, 5) is 12.1. The highest BCUT2D eigenvalue weighted by atomic mass is 35.5. The van der Waals surface area contributed by atoms with E-state index in [1.807, 2.05) is 60.7 Å². The van der Waals surface area contributed by atoms with Gasteiger partial charge in [-0.2, -0.15) is 5.10 Å². The molecule has 0 bridgehead atoms. The van der Waals surface area contributed by atoms with E-state index in [-0.39, 0.29) is 12.3 Å². The topological polar surface area (TPSA) is 59.9 Å². The lowest BCUT2D eigenvalue weighted by atomic mass is 10.1. The summed E-state index contributed by atoms with van der Waals surface area (Å²) < 4.78 is 11.3. The largest absolute Gasteiger partial charge is 0.493 e. The summed E-state index contributed by atoms with van der Waals surface area (Å²) in [5.74, 6) is 1.03. The van der Waals surface area contributed by atoms with Crippen molar-refractivity contribution in [2.45, 2.75) is 26.4 Å². The third-order valence-electron chi connectivity index (χ3n) is 4.69. The minimum absolute atomic E-state index is 0.171. The summed E-state index contributed by atoms with van der Waals surface area (Å²) in [5, 5.41) is 4.73. The summed E-state index contributed by atoms with van der Waals surface area (Å²) in [6.45, 7) is 2.50. The molecule has 1 N–H and O–H groups in total. The number of halogens is 1. The van der Waals surface area contributed by atoms with Crippen LogP contribution < -0.4 is 14.9 Å². The van der Waals surface area contributed by atoms with Gasteiger partial charge in [0.15, 0.2) is 11.5 Å². The number of carbonyl (C=O) groups is 1. The van der Waals surface area contributed by atoms with Gasteiger partial charge >= 0.3 is 0 Å². The van der Waals surface area contributed by atoms with Crippen LogP contribution in [0.25, 0.3) is 0 Å². The van der Waals surface area contributed by atoms with E-state index in [9.17, 15) is 4.79 Å². The second-order valence-electron chi connectivity index (χ2n) is 6.97. The van der Waals surface area contributed by atoms with E-state index >= 15 is 0 Å². The molecule has 160 valence electrons. The van der Waals surface area contributed by atoms with Crippen molar-refractivity contribution < 1.29 is 14.3 Å². The van der Waals surface area contributed by atoms with E-state index in [1.165, 1.54) is 5.56 Å². The SMILES string of the molecule is CCc1ccc(CC(=O)N/N=C/c2ccc(OCc3ccc(Cl)cc3)c(OC)c2)cc1. The van der Waals surface area contributed by atoms with Gasteiger partial charge in [0.25, 0.3) is 0 Å². The highest BCUT2D eigenvalue weighted by Crippen LogP contribution is 2.28. The third-order valence-corrected chi connectivity index (χ3v) is 4.95. The van der Waals surface area contributed by atoms with Crippen LogP contribution in [0.5, 0.6) is 11.5 Å². The number of benzene rings is 3. The Kier molecular flexibility index (Phi) is 8.07. The quantitative estimate of drug-likeness (QED) is 0.371. The Labute approximate surface area is 187 Å². The minimum Gasteiger partial charge on any atom is -0.493 e. The van der Waals surface area contributed by atoms with Gasteiger partial charge in [-0.15, -0.1) is 0 Å². The van der Waals surface area contributed by atoms with E-state index in [0.29, 0.717) is 23.1 Å². The van der Waals surface area contributed by atoms with Crippen LogP contribution in [0.2, 0.25) is 5.02 Å². The highest BCUT2D eigenvalue weighted by molar-refractivity contribution is 6.30. The standard InChI is InChI=1S/C25H25ClN2O3/c1-3-18-4-6-19(7-5-18)15-25(29)28-27-16-21-10-13-23(24(14-21)30-2)31-17-20-8-11-22(26)12-9-20/h4-14,16H,3,15,17H2,1-2H3,(H,28,29)/b27-16+. The molecule has 0 aliphatic rings. The van der Waals surface area contributed by atoms with Gasteiger partial charge in [-0.05, 0) is 59.0 Å². The van der Waals surface area contributed by atoms with E-state index in [2.05, 4.69) is 17.5 Å². The van der Waals surface area contributed by atoms with Gasteiger partial charge < -0.3 is 9.47 Å². The molecule has 0 aromatic heterocycles. The van der Waals surface area contributed by atoms with Crippen molar-refractivity contribution in [3.63, 3.8) is 0 Å². The van der Waals surface area contributed by atoms with Gasteiger partial charge in [0, 0.05) is 5.02 Å². The molecule has 0 unspecified atom stereocenters. The van der Waals surface area contributed by atoms with E-state index in [1.54, 1.807) is 19.4 Å². The van der Waals surface area contributed by atoms with Gasteiger partial charge in [-0.1, -0.05) is 54.9 Å². The zero-order valence-electron chi connectivity index (χ0n) is 17.6. The van der Waals surface area contributed by atoms with Crippen LogP contribution in [0.1, 0.15) is 29.2 Å². The monoisotopic (exact) mass is 436 g/mol. The lowest BCUT2D eigenvalue weighted by Crippen LogP contribution is -2.19. The Bertz CT molecular complexity index is 1030. The molecule has 0 spiro atoms. The number of methoxy groups -OCH3 is 1. The molecule has 0 aliphatic carbocycles. The van der Waals surface area contributed by atoms with Gasteiger partial charge in [-0.3, -0.25) is 4.79 Å². The van der Waals surface area contributed by atoms with Gasteiger partial charge in [-0.25, -0.2) is 5.43 Å². The van der Waals surface area contributed by atoms with Crippen molar-refractivity contribution in [1.29, 1.82) is 0 Å². The maximum Gasteiger partial charge on any atom is 0.244 e. The summed E-state index contributed by atoms with van der Waals surface area (Å²) >= 11 is 5.91. The first-order valence-electron chi connectivity index (χ1n) is 10.0. The molecule has 0 fully saturated rings. The van der Waals surface area contributed by atoms with Crippen molar-refractivity contribution >= 4 is 23.7 Å². The van der Waals surface area contributed by atoms with E-state index in [4.69, 9.17) is 21.1 Å². The molecule has 3 aromatic rings. The Balaban J connectivity index is 1.55. The highest BCUT2D eigenvalue weighted by Gasteiger charge is 2.06. The molecular weight excluding hydrogens is 412 g/mol. The van der Waals surface area contributed by atoms with Crippen LogP contribution in [-0.2, 0) is 24.2 Å². The van der Waals surface area contributed by atoms with Crippen LogP contribution in [-0.4, -0.2) is 19.2 Å². The summed E-state index contributed by atoms with van der Waals surface area (Å²) in [7, 11) is 1.58. The Hall–Kier alpha value is -3.31. The molecule has 1 amide bonds. The Morgan fingerprint density at radius 1 is 0.968 bits per heavy atom. The predicted octanol–water partition coefficient (Wildman–Crippen LogP) is 5.18. The predicted molar refractivity (Wildman–Crippen MR) is 124 cm³/mol. The molecule has 0 radical (unpaired) electrons. The number of amides is 1. The van der Waals surface area contributed by atoms with E-state index < -0.39 is 0 Å². The third kappa shape index (κ3) is 6.86. The molecule has 0 saturated heterocycles. The van der Waals surface area contributed by atoms with Crippen molar-refractivity contribution in [3.05, 3.63) is 94.0 Å². The second kappa shape index (κ2) is 11.2. The first-order valence-corrected chi connectivity index (χ1v) is 10.4. The number of hydrazone groups is 1. The van der Waals surface area contributed by atoms with Crippen molar-refractivity contribution in [2.24, 2.45) is 5.10 Å².